The summed E-state index contributed by atoms with van der Waals surface area (Å²) in [4.78, 5) is 0. The van der Waals surface area contributed by atoms with Gasteiger partial charge in [-0.25, -0.2) is 9.07 Å². The van der Waals surface area contributed by atoms with Crippen LogP contribution in [0.4, 0.5) is 4.39 Å². The summed E-state index contributed by atoms with van der Waals surface area (Å²) in [6.07, 6.45) is 1.79. The zero-order valence-corrected chi connectivity index (χ0v) is 14.6. The number of benzene rings is 2. The van der Waals surface area contributed by atoms with Crippen molar-refractivity contribution >= 4 is 10.9 Å². The van der Waals surface area contributed by atoms with Crippen LogP contribution in [-0.4, -0.2) is 35.8 Å². The average molecular weight is 354 g/mol. The van der Waals surface area contributed by atoms with E-state index in [1.165, 1.54) is 0 Å². The van der Waals surface area contributed by atoms with Gasteiger partial charge in [0, 0.05) is 29.6 Å². The highest BCUT2D eigenvalue weighted by molar-refractivity contribution is 5.81. The molecule has 0 radical (unpaired) electrons. The third kappa shape index (κ3) is 3.35. The predicted octanol–water partition coefficient (Wildman–Crippen LogP) is 2.87. The first-order valence-electron chi connectivity index (χ1n) is 8.96. The molecule has 0 amide bonds. The van der Waals surface area contributed by atoms with Gasteiger partial charge in [0.1, 0.15) is 6.17 Å². The van der Waals surface area contributed by atoms with Crippen LogP contribution in [0, 0.1) is 0 Å². The number of nitrogens with zero attached hydrogens (tertiary/aromatic N) is 2. The van der Waals surface area contributed by atoms with Crippen LogP contribution in [0.5, 0.6) is 0 Å². The molecule has 2 aromatic carbocycles. The van der Waals surface area contributed by atoms with E-state index in [0.717, 1.165) is 34.3 Å². The number of piperidine rings is 1. The molecule has 0 bridgehead atoms. The Hall–Kier alpha value is -2.28. The van der Waals surface area contributed by atoms with E-state index in [-0.39, 0.29) is 12.6 Å². The Kier molecular flexibility index (Phi) is 4.97. The van der Waals surface area contributed by atoms with Gasteiger partial charge in [0.25, 0.3) is 0 Å². The molecule has 2 heterocycles. The van der Waals surface area contributed by atoms with Crippen molar-refractivity contribution in [2.45, 2.75) is 25.1 Å². The maximum atomic E-state index is 14.2. The molecule has 4 rings (SSSR count). The van der Waals surface area contributed by atoms with E-state index in [0.29, 0.717) is 19.6 Å². The van der Waals surface area contributed by atoms with E-state index >= 15 is 0 Å². The Morgan fingerprint density at radius 2 is 2.08 bits per heavy atom. The molecule has 5 nitrogen and oxygen atoms in total. The molecular formula is C20H23FN4O. The topological polar surface area (TPSA) is 65.1 Å². The predicted molar refractivity (Wildman–Crippen MR) is 100 cm³/mol. The standard InChI is InChI=1S/C20H23FN4O/c21-19-8-9-23-10-18(19)14-4-6-17(7-5-14)25-11-15-2-1-3-16(12-26-13-22)20(15)24-25/h1-7,11,18-19,23H,8-10,12-13,22H2. The number of hydrogen-bond donors (Lipinski definition) is 2. The van der Waals surface area contributed by atoms with Crippen LogP contribution in [-0.2, 0) is 11.3 Å². The van der Waals surface area contributed by atoms with Crippen LogP contribution in [0.3, 0.4) is 0 Å². The maximum Gasteiger partial charge on any atom is 0.109 e. The Bertz CT molecular complexity index is 877. The summed E-state index contributed by atoms with van der Waals surface area (Å²) in [5.74, 6) is -0.0745. The fourth-order valence-electron chi connectivity index (χ4n) is 3.55. The van der Waals surface area contributed by atoms with Gasteiger partial charge in [-0.15, -0.1) is 0 Å². The third-order valence-electron chi connectivity index (χ3n) is 4.98. The van der Waals surface area contributed by atoms with Gasteiger partial charge >= 0.3 is 0 Å². The molecule has 3 aromatic rings. The fourth-order valence-corrected chi connectivity index (χ4v) is 3.55. The first kappa shape index (κ1) is 17.1. The van der Waals surface area contributed by atoms with Crippen molar-refractivity contribution in [3.63, 3.8) is 0 Å². The number of ether oxygens (including phenoxy) is 1. The van der Waals surface area contributed by atoms with Crippen LogP contribution in [0.25, 0.3) is 16.6 Å². The van der Waals surface area contributed by atoms with Gasteiger partial charge in [-0.05, 0) is 30.7 Å². The van der Waals surface area contributed by atoms with E-state index < -0.39 is 6.17 Å². The maximum absolute atomic E-state index is 14.2. The lowest BCUT2D eigenvalue weighted by Crippen LogP contribution is -2.36. The second kappa shape index (κ2) is 7.53. The summed E-state index contributed by atoms with van der Waals surface area (Å²) < 4.78 is 21.3. The van der Waals surface area contributed by atoms with E-state index in [9.17, 15) is 4.39 Å². The minimum Gasteiger partial charge on any atom is -0.362 e. The van der Waals surface area contributed by atoms with Crippen molar-refractivity contribution in [2.75, 3.05) is 19.8 Å². The van der Waals surface area contributed by atoms with Crippen molar-refractivity contribution in [3.8, 4) is 5.69 Å². The van der Waals surface area contributed by atoms with Gasteiger partial charge < -0.3 is 15.8 Å². The van der Waals surface area contributed by atoms with Crippen molar-refractivity contribution in [3.05, 3.63) is 59.8 Å². The number of nitrogens with one attached hydrogen (secondary N) is 1. The number of aromatic nitrogens is 2. The summed E-state index contributed by atoms with van der Waals surface area (Å²) in [5.41, 5.74) is 9.33. The molecule has 0 saturated carbocycles. The molecule has 1 aliphatic rings. The first-order chi connectivity index (χ1) is 12.8. The number of alkyl halides is 1. The number of halogens is 1. The van der Waals surface area contributed by atoms with E-state index in [1.54, 1.807) is 0 Å². The summed E-state index contributed by atoms with van der Waals surface area (Å²) in [5, 5.41) is 9.02. The van der Waals surface area contributed by atoms with Crippen LogP contribution in [0.1, 0.15) is 23.5 Å². The first-order valence-corrected chi connectivity index (χ1v) is 8.96. The largest absolute Gasteiger partial charge is 0.362 e. The molecule has 0 aliphatic carbocycles. The minimum atomic E-state index is -0.778. The number of hydrogen-bond acceptors (Lipinski definition) is 4. The van der Waals surface area contributed by atoms with E-state index in [1.807, 2.05) is 53.3 Å². The van der Waals surface area contributed by atoms with Gasteiger partial charge in [-0.1, -0.05) is 30.3 Å². The molecule has 26 heavy (non-hydrogen) atoms. The molecule has 3 N–H and O–H groups in total. The number of fused-ring (bicyclic) bond motifs is 1. The molecule has 1 fully saturated rings. The van der Waals surface area contributed by atoms with Gasteiger partial charge in [-0.3, -0.25) is 0 Å². The molecular weight excluding hydrogens is 331 g/mol. The van der Waals surface area contributed by atoms with Crippen molar-refractivity contribution < 1.29 is 9.13 Å². The molecule has 6 heteroatoms. The fraction of sp³-hybridized carbons (Fsp3) is 0.350. The van der Waals surface area contributed by atoms with Gasteiger partial charge in [0.2, 0.25) is 0 Å². The highest BCUT2D eigenvalue weighted by Gasteiger charge is 2.25. The van der Waals surface area contributed by atoms with Crippen LogP contribution >= 0.6 is 0 Å². The second-order valence-corrected chi connectivity index (χ2v) is 6.65. The zero-order valence-electron chi connectivity index (χ0n) is 14.6. The summed E-state index contributed by atoms with van der Waals surface area (Å²) in [6, 6.07) is 14.0. The highest BCUT2D eigenvalue weighted by atomic mass is 19.1. The summed E-state index contributed by atoms with van der Waals surface area (Å²) >= 11 is 0. The van der Waals surface area contributed by atoms with Crippen molar-refractivity contribution in [1.29, 1.82) is 0 Å². The quantitative estimate of drug-likeness (QED) is 0.692. The molecule has 2 unspecified atom stereocenters. The zero-order chi connectivity index (χ0) is 17.9. The lowest BCUT2D eigenvalue weighted by molar-refractivity contribution is 0.128. The molecule has 136 valence electrons. The van der Waals surface area contributed by atoms with Crippen LogP contribution < -0.4 is 11.1 Å². The normalized spacial score (nSPS) is 20.5. The minimum absolute atomic E-state index is 0.0745. The van der Waals surface area contributed by atoms with Gasteiger partial charge in [0.05, 0.1) is 24.5 Å². The van der Waals surface area contributed by atoms with Crippen molar-refractivity contribution in [2.24, 2.45) is 5.73 Å². The van der Waals surface area contributed by atoms with Gasteiger partial charge in [-0.2, -0.15) is 5.10 Å². The lowest BCUT2D eigenvalue weighted by atomic mass is 9.90. The second-order valence-electron chi connectivity index (χ2n) is 6.65. The summed E-state index contributed by atoms with van der Waals surface area (Å²) in [7, 11) is 0. The number of rotatable bonds is 5. The highest BCUT2D eigenvalue weighted by Crippen LogP contribution is 2.27. The van der Waals surface area contributed by atoms with Crippen LogP contribution in [0.2, 0.25) is 0 Å². The summed E-state index contributed by atoms with van der Waals surface area (Å²) in [6.45, 7) is 2.07. The molecule has 2 atom stereocenters. The Labute approximate surface area is 151 Å². The Balaban J connectivity index is 1.61. The SMILES string of the molecule is NCOCc1cccc2cn(-c3ccc(C4CNCCC4F)cc3)nc12. The Morgan fingerprint density at radius 1 is 1.23 bits per heavy atom. The van der Waals surface area contributed by atoms with Crippen LogP contribution in [0.15, 0.2) is 48.7 Å². The van der Waals surface area contributed by atoms with Crippen molar-refractivity contribution in [1.82, 2.24) is 15.1 Å². The monoisotopic (exact) mass is 354 g/mol. The Morgan fingerprint density at radius 3 is 2.85 bits per heavy atom. The third-order valence-corrected chi connectivity index (χ3v) is 4.98. The molecule has 1 aliphatic heterocycles. The molecule has 1 aromatic heterocycles. The lowest BCUT2D eigenvalue weighted by Gasteiger charge is -2.27. The van der Waals surface area contributed by atoms with E-state index in [4.69, 9.17) is 15.6 Å². The van der Waals surface area contributed by atoms with Gasteiger partial charge in [0.15, 0.2) is 0 Å². The molecule has 0 spiro atoms. The number of nitrogens with two attached hydrogens (primary N) is 1. The smallest absolute Gasteiger partial charge is 0.109 e. The average Bonchev–Trinajstić information content (AvgIpc) is 3.12. The van der Waals surface area contributed by atoms with E-state index in [2.05, 4.69) is 5.32 Å². The molecule has 1 saturated heterocycles.